The molecule has 148 valence electrons. The van der Waals surface area contributed by atoms with Crippen LogP contribution in [0.3, 0.4) is 0 Å². The van der Waals surface area contributed by atoms with Gasteiger partial charge in [-0.15, -0.1) is 12.4 Å². The summed E-state index contributed by atoms with van der Waals surface area (Å²) in [5, 5.41) is 6.41. The van der Waals surface area contributed by atoms with Crippen molar-refractivity contribution in [1.82, 2.24) is 14.9 Å². The largest absolute Gasteiger partial charge is 0.349 e. The molecule has 8 heteroatoms. The number of carbonyl (C=O) groups excluding carboxylic acids is 1. The van der Waals surface area contributed by atoms with Gasteiger partial charge in [-0.3, -0.25) is 4.79 Å². The van der Waals surface area contributed by atoms with E-state index in [0.29, 0.717) is 24.7 Å². The normalized spacial score (nSPS) is 20.5. The second-order valence-electron chi connectivity index (χ2n) is 6.62. The molecule has 0 aliphatic carbocycles. The third kappa shape index (κ3) is 5.19. The fourth-order valence-electron chi connectivity index (χ4n) is 3.24. The summed E-state index contributed by atoms with van der Waals surface area (Å²) in [5.41, 5.74) is 1.21. The van der Waals surface area contributed by atoms with Crippen molar-refractivity contribution in [2.75, 3.05) is 19.6 Å². The lowest BCUT2D eigenvalue weighted by atomic mass is 9.99. The average Bonchev–Trinajstić information content (AvgIpc) is 2.55. The number of nitrogens with zero attached hydrogens (tertiary/aromatic N) is 1. The Hall–Kier alpha value is -1.15. The maximum absolute atomic E-state index is 12.7. The lowest BCUT2D eigenvalue weighted by Crippen LogP contribution is -2.46. The van der Waals surface area contributed by atoms with Gasteiger partial charge in [-0.2, -0.15) is 4.31 Å². The highest BCUT2D eigenvalue weighted by atomic mass is 35.5. The first-order chi connectivity index (χ1) is 11.8. The van der Waals surface area contributed by atoms with E-state index in [2.05, 4.69) is 17.6 Å². The number of nitrogens with one attached hydrogen (secondary N) is 2. The zero-order chi connectivity index (χ0) is 18.6. The van der Waals surface area contributed by atoms with E-state index in [4.69, 9.17) is 0 Å². The Bertz CT molecular complexity index is 720. The smallest absolute Gasteiger partial charge is 0.251 e. The third-order valence-corrected chi connectivity index (χ3v) is 6.80. The van der Waals surface area contributed by atoms with E-state index in [-0.39, 0.29) is 29.3 Å². The molecule has 1 aromatic carbocycles. The van der Waals surface area contributed by atoms with Crippen molar-refractivity contribution < 1.29 is 13.2 Å². The van der Waals surface area contributed by atoms with Gasteiger partial charge >= 0.3 is 0 Å². The van der Waals surface area contributed by atoms with E-state index in [0.717, 1.165) is 24.9 Å². The molecule has 2 atom stereocenters. The SMILES string of the molecule is CCN(CC)S(=O)(=O)c1ccc(C)c(C(=O)NC2CCNC(C)C2)c1.Cl. The quantitative estimate of drug-likeness (QED) is 0.764. The second kappa shape index (κ2) is 9.69. The van der Waals surface area contributed by atoms with E-state index in [1.165, 1.54) is 10.4 Å². The highest BCUT2D eigenvalue weighted by molar-refractivity contribution is 7.89. The Morgan fingerprint density at radius 2 is 1.96 bits per heavy atom. The summed E-state index contributed by atoms with van der Waals surface area (Å²) in [5.74, 6) is -0.201. The topological polar surface area (TPSA) is 78.5 Å². The van der Waals surface area contributed by atoms with Crippen LogP contribution in [0, 0.1) is 6.92 Å². The molecule has 0 aromatic heterocycles. The highest BCUT2D eigenvalue weighted by Gasteiger charge is 2.25. The summed E-state index contributed by atoms with van der Waals surface area (Å²) in [6.45, 7) is 9.22. The van der Waals surface area contributed by atoms with Crippen LogP contribution in [-0.4, -0.2) is 50.3 Å². The summed E-state index contributed by atoms with van der Waals surface area (Å²) < 4.78 is 26.8. The molecule has 1 aromatic rings. The number of aryl methyl sites for hydroxylation is 1. The maximum Gasteiger partial charge on any atom is 0.251 e. The van der Waals surface area contributed by atoms with Crippen molar-refractivity contribution in [2.45, 2.75) is 57.5 Å². The van der Waals surface area contributed by atoms with Gasteiger partial charge in [0.25, 0.3) is 5.91 Å². The van der Waals surface area contributed by atoms with Crippen LogP contribution in [0.1, 0.15) is 49.5 Å². The van der Waals surface area contributed by atoms with E-state index in [9.17, 15) is 13.2 Å². The molecule has 1 aliphatic rings. The van der Waals surface area contributed by atoms with Crippen LogP contribution in [0.4, 0.5) is 0 Å². The average molecular weight is 404 g/mol. The Labute approximate surface area is 163 Å². The molecule has 26 heavy (non-hydrogen) atoms. The highest BCUT2D eigenvalue weighted by Crippen LogP contribution is 2.20. The van der Waals surface area contributed by atoms with Crippen LogP contribution in [0.15, 0.2) is 23.1 Å². The van der Waals surface area contributed by atoms with E-state index >= 15 is 0 Å². The van der Waals surface area contributed by atoms with Gasteiger partial charge in [0.2, 0.25) is 10.0 Å². The number of sulfonamides is 1. The minimum atomic E-state index is -3.57. The van der Waals surface area contributed by atoms with Gasteiger partial charge in [0, 0.05) is 30.7 Å². The van der Waals surface area contributed by atoms with Crippen LogP contribution < -0.4 is 10.6 Å². The Morgan fingerprint density at radius 3 is 2.54 bits per heavy atom. The zero-order valence-corrected chi connectivity index (χ0v) is 17.5. The van der Waals surface area contributed by atoms with Gasteiger partial charge in [0.1, 0.15) is 0 Å². The summed E-state index contributed by atoms with van der Waals surface area (Å²) in [6.07, 6.45) is 1.76. The maximum atomic E-state index is 12.7. The van der Waals surface area contributed by atoms with Crippen molar-refractivity contribution in [2.24, 2.45) is 0 Å². The molecule has 0 saturated carbocycles. The summed E-state index contributed by atoms with van der Waals surface area (Å²) in [6, 6.07) is 5.27. The number of amides is 1. The fourth-order valence-corrected chi connectivity index (χ4v) is 4.73. The molecule has 1 amide bonds. The second-order valence-corrected chi connectivity index (χ2v) is 8.55. The molecular formula is C18H30ClN3O3S. The van der Waals surface area contributed by atoms with Crippen LogP contribution in [0.5, 0.6) is 0 Å². The molecule has 1 fully saturated rings. The predicted molar refractivity (Wildman–Crippen MR) is 106 cm³/mol. The molecule has 2 N–H and O–H groups in total. The first-order valence-electron chi connectivity index (χ1n) is 8.94. The predicted octanol–water partition coefficient (Wildman–Crippen LogP) is 2.32. The molecule has 0 radical (unpaired) electrons. The standard InChI is InChI=1S/C18H29N3O3S.ClH/c1-5-21(6-2)25(23,24)16-8-7-13(3)17(12-16)18(22)20-15-9-10-19-14(4)11-15;/h7-8,12,14-15,19H,5-6,9-11H2,1-4H3,(H,20,22);1H. The third-order valence-electron chi connectivity index (χ3n) is 4.76. The van der Waals surface area contributed by atoms with Gasteiger partial charge in [-0.1, -0.05) is 19.9 Å². The first-order valence-corrected chi connectivity index (χ1v) is 10.4. The fraction of sp³-hybridized carbons (Fsp3) is 0.611. The molecule has 0 bridgehead atoms. The summed E-state index contributed by atoms with van der Waals surface area (Å²) in [4.78, 5) is 12.9. The molecule has 6 nitrogen and oxygen atoms in total. The zero-order valence-electron chi connectivity index (χ0n) is 15.9. The lowest BCUT2D eigenvalue weighted by Gasteiger charge is -2.29. The number of rotatable bonds is 6. The number of carbonyl (C=O) groups is 1. The van der Waals surface area contributed by atoms with Gasteiger partial charge in [-0.25, -0.2) is 8.42 Å². The lowest BCUT2D eigenvalue weighted by molar-refractivity contribution is 0.0925. The first kappa shape index (κ1) is 22.9. The Balaban J connectivity index is 0.00000338. The van der Waals surface area contributed by atoms with Crippen LogP contribution in [0.25, 0.3) is 0 Å². The number of piperidine rings is 1. The Kier molecular flexibility index (Phi) is 8.53. The summed E-state index contributed by atoms with van der Waals surface area (Å²) in [7, 11) is -3.57. The van der Waals surface area contributed by atoms with Crippen molar-refractivity contribution in [3.8, 4) is 0 Å². The van der Waals surface area contributed by atoms with Crippen LogP contribution in [0.2, 0.25) is 0 Å². The van der Waals surface area contributed by atoms with Crippen molar-refractivity contribution in [3.05, 3.63) is 29.3 Å². The molecule has 1 heterocycles. The van der Waals surface area contributed by atoms with Crippen molar-refractivity contribution in [3.63, 3.8) is 0 Å². The number of halogens is 1. The van der Waals surface area contributed by atoms with Crippen molar-refractivity contribution >= 4 is 28.3 Å². The monoisotopic (exact) mass is 403 g/mol. The minimum absolute atomic E-state index is 0. The van der Waals surface area contributed by atoms with Gasteiger partial charge in [0.05, 0.1) is 4.90 Å². The molecule has 2 rings (SSSR count). The van der Waals surface area contributed by atoms with Crippen LogP contribution >= 0.6 is 12.4 Å². The van der Waals surface area contributed by atoms with Gasteiger partial charge in [0.15, 0.2) is 0 Å². The van der Waals surface area contributed by atoms with Crippen molar-refractivity contribution in [1.29, 1.82) is 0 Å². The molecule has 2 unspecified atom stereocenters. The Morgan fingerprint density at radius 1 is 1.31 bits per heavy atom. The summed E-state index contributed by atoms with van der Waals surface area (Å²) >= 11 is 0. The number of hydrogen-bond acceptors (Lipinski definition) is 4. The van der Waals surface area contributed by atoms with Gasteiger partial charge < -0.3 is 10.6 Å². The molecule has 0 spiro atoms. The van der Waals surface area contributed by atoms with Crippen LogP contribution in [-0.2, 0) is 10.0 Å². The van der Waals surface area contributed by atoms with E-state index < -0.39 is 10.0 Å². The van der Waals surface area contributed by atoms with E-state index in [1.807, 2.05) is 6.92 Å². The number of benzene rings is 1. The number of hydrogen-bond donors (Lipinski definition) is 2. The molecule has 1 aliphatic heterocycles. The molecule has 1 saturated heterocycles. The minimum Gasteiger partial charge on any atom is -0.349 e. The van der Waals surface area contributed by atoms with E-state index in [1.54, 1.807) is 26.0 Å². The molecular weight excluding hydrogens is 374 g/mol. The van der Waals surface area contributed by atoms with Gasteiger partial charge in [-0.05, 0) is 50.9 Å².